The van der Waals surface area contributed by atoms with Crippen LogP contribution in [0.2, 0.25) is 0 Å². The maximum Gasteiger partial charge on any atom is 0.309 e. The third-order valence-electron chi connectivity index (χ3n) is 2.61. The molecule has 0 fully saturated rings. The monoisotopic (exact) mass is 172 g/mol. The van der Waals surface area contributed by atoms with Crippen LogP contribution >= 0.6 is 0 Å². The van der Waals surface area contributed by atoms with Gasteiger partial charge in [-0.3, -0.25) is 4.79 Å². The Hall–Kier alpha value is -0.530. The van der Waals surface area contributed by atoms with Crippen molar-refractivity contribution in [3.05, 3.63) is 0 Å². The highest BCUT2D eigenvalue weighted by Gasteiger charge is 2.33. The van der Waals surface area contributed by atoms with Crippen LogP contribution < -0.4 is 0 Å². The summed E-state index contributed by atoms with van der Waals surface area (Å²) in [4.78, 5) is 10.8. The molecule has 0 aromatic carbocycles. The fraction of sp³-hybridized carbons (Fsp3) is 0.900. The van der Waals surface area contributed by atoms with Crippen LogP contribution in [0.15, 0.2) is 0 Å². The normalized spacial score (nSPS) is 14.8. The highest BCUT2D eigenvalue weighted by atomic mass is 16.4. The zero-order chi connectivity index (χ0) is 9.94. The summed E-state index contributed by atoms with van der Waals surface area (Å²) in [5.41, 5.74) is -0.593. The minimum atomic E-state index is -0.698. The molecule has 0 amide bonds. The van der Waals surface area contributed by atoms with Crippen molar-refractivity contribution in [1.29, 1.82) is 0 Å². The van der Waals surface area contributed by atoms with E-state index in [0.29, 0.717) is 5.92 Å². The van der Waals surface area contributed by atoms with E-state index in [1.54, 1.807) is 13.8 Å². The van der Waals surface area contributed by atoms with Crippen LogP contribution in [0.25, 0.3) is 0 Å². The molecule has 0 aliphatic heterocycles. The van der Waals surface area contributed by atoms with Crippen LogP contribution in [0.5, 0.6) is 0 Å². The quantitative estimate of drug-likeness (QED) is 0.708. The molecule has 0 rings (SSSR count). The first-order valence-electron chi connectivity index (χ1n) is 4.51. The van der Waals surface area contributed by atoms with Gasteiger partial charge in [-0.15, -0.1) is 0 Å². The predicted molar refractivity (Wildman–Crippen MR) is 50.0 cm³/mol. The minimum absolute atomic E-state index is 0.231. The summed E-state index contributed by atoms with van der Waals surface area (Å²) in [6.07, 6.45) is 0.972. The Bertz CT molecular complexity index is 159. The Labute approximate surface area is 75.0 Å². The van der Waals surface area contributed by atoms with Gasteiger partial charge in [-0.2, -0.15) is 0 Å². The van der Waals surface area contributed by atoms with Crippen molar-refractivity contribution in [3.8, 4) is 0 Å². The summed E-state index contributed by atoms with van der Waals surface area (Å²) in [5, 5.41) is 8.92. The van der Waals surface area contributed by atoms with Crippen molar-refractivity contribution < 1.29 is 9.90 Å². The number of hydrogen-bond donors (Lipinski definition) is 1. The molecular formula is C10H20O2. The molecule has 0 bridgehead atoms. The second-order valence-corrected chi connectivity index (χ2v) is 4.56. The van der Waals surface area contributed by atoms with Gasteiger partial charge in [0, 0.05) is 0 Å². The summed E-state index contributed by atoms with van der Waals surface area (Å²) in [6.45, 7) is 9.84. The lowest BCUT2D eigenvalue weighted by molar-refractivity contribution is -0.150. The third kappa shape index (κ3) is 2.84. The first-order chi connectivity index (χ1) is 5.28. The number of carbonyl (C=O) groups is 1. The summed E-state index contributed by atoms with van der Waals surface area (Å²) in [7, 11) is 0. The molecule has 0 spiro atoms. The van der Waals surface area contributed by atoms with Crippen LogP contribution in [-0.2, 0) is 4.79 Å². The van der Waals surface area contributed by atoms with Gasteiger partial charge in [-0.25, -0.2) is 0 Å². The third-order valence-corrected chi connectivity index (χ3v) is 2.61. The van der Waals surface area contributed by atoms with E-state index in [2.05, 4.69) is 13.8 Å². The van der Waals surface area contributed by atoms with Gasteiger partial charge in [0.05, 0.1) is 5.41 Å². The van der Waals surface area contributed by atoms with Gasteiger partial charge in [0.2, 0.25) is 0 Å². The zero-order valence-electron chi connectivity index (χ0n) is 8.72. The van der Waals surface area contributed by atoms with Crippen molar-refractivity contribution in [3.63, 3.8) is 0 Å². The summed E-state index contributed by atoms with van der Waals surface area (Å²) in [6, 6.07) is 0. The second kappa shape index (κ2) is 3.92. The van der Waals surface area contributed by atoms with Gasteiger partial charge in [-0.05, 0) is 32.1 Å². The van der Waals surface area contributed by atoms with E-state index in [1.807, 2.05) is 6.92 Å². The Balaban J connectivity index is 4.25. The van der Waals surface area contributed by atoms with Gasteiger partial charge in [0.15, 0.2) is 0 Å². The molecule has 12 heavy (non-hydrogen) atoms. The Morgan fingerprint density at radius 2 is 1.75 bits per heavy atom. The number of carboxylic acids is 1. The summed E-state index contributed by atoms with van der Waals surface area (Å²) < 4.78 is 0. The van der Waals surface area contributed by atoms with Crippen LogP contribution in [0.3, 0.4) is 0 Å². The number of rotatable bonds is 4. The molecule has 2 heteroatoms. The van der Waals surface area contributed by atoms with Crippen molar-refractivity contribution >= 4 is 5.97 Å². The molecule has 1 atom stereocenters. The number of hydrogen-bond acceptors (Lipinski definition) is 1. The predicted octanol–water partition coefficient (Wildman–Crippen LogP) is 2.78. The molecule has 0 radical (unpaired) electrons. The highest BCUT2D eigenvalue weighted by molar-refractivity contribution is 5.73. The Kier molecular flexibility index (Phi) is 3.75. The molecule has 72 valence electrons. The molecule has 0 saturated heterocycles. The lowest BCUT2D eigenvalue weighted by Gasteiger charge is -2.28. The Morgan fingerprint density at radius 3 is 2.00 bits per heavy atom. The Morgan fingerprint density at radius 1 is 1.33 bits per heavy atom. The van der Waals surface area contributed by atoms with Crippen molar-refractivity contribution in [2.24, 2.45) is 17.3 Å². The average Bonchev–Trinajstić information content (AvgIpc) is 1.85. The lowest BCUT2D eigenvalue weighted by atomic mass is 9.76. The average molecular weight is 172 g/mol. The maximum atomic E-state index is 10.8. The standard InChI is InChI=1S/C10H20O2/c1-7(2)6-8(3)10(4,5)9(11)12/h7-8H,6H2,1-5H3,(H,11,12). The van der Waals surface area contributed by atoms with E-state index in [4.69, 9.17) is 5.11 Å². The SMILES string of the molecule is CC(C)CC(C)C(C)(C)C(=O)O. The van der Waals surface area contributed by atoms with E-state index in [-0.39, 0.29) is 5.92 Å². The van der Waals surface area contributed by atoms with E-state index in [9.17, 15) is 4.79 Å². The largest absolute Gasteiger partial charge is 0.481 e. The summed E-state index contributed by atoms with van der Waals surface area (Å²) >= 11 is 0. The van der Waals surface area contributed by atoms with E-state index < -0.39 is 11.4 Å². The van der Waals surface area contributed by atoms with Gasteiger partial charge in [0.25, 0.3) is 0 Å². The fourth-order valence-electron chi connectivity index (χ4n) is 1.21. The van der Waals surface area contributed by atoms with E-state index in [1.165, 1.54) is 0 Å². The summed E-state index contributed by atoms with van der Waals surface area (Å²) in [5.74, 6) is 0.101. The van der Waals surface area contributed by atoms with Crippen LogP contribution in [0, 0.1) is 17.3 Å². The molecule has 0 aromatic rings. The first kappa shape index (κ1) is 11.5. The van der Waals surface area contributed by atoms with Crippen LogP contribution in [-0.4, -0.2) is 11.1 Å². The molecular weight excluding hydrogens is 152 g/mol. The molecule has 0 aliphatic rings. The smallest absolute Gasteiger partial charge is 0.309 e. The highest BCUT2D eigenvalue weighted by Crippen LogP contribution is 2.31. The van der Waals surface area contributed by atoms with Gasteiger partial charge in [0.1, 0.15) is 0 Å². The topological polar surface area (TPSA) is 37.3 Å². The van der Waals surface area contributed by atoms with E-state index >= 15 is 0 Å². The van der Waals surface area contributed by atoms with Gasteiger partial charge in [-0.1, -0.05) is 20.8 Å². The lowest BCUT2D eigenvalue weighted by Crippen LogP contribution is -2.31. The molecule has 0 aliphatic carbocycles. The van der Waals surface area contributed by atoms with E-state index in [0.717, 1.165) is 6.42 Å². The molecule has 0 aromatic heterocycles. The van der Waals surface area contributed by atoms with Gasteiger partial charge < -0.3 is 5.11 Å². The van der Waals surface area contributed by atoms with Crippen LogP contribution in [0.4, 0.5) is 0 Å². The van der Waals surface area contributed by atoms with Crippen molar-refractivity contribution in [2.75, 3.05) is 0 Å². The van der Waals surface area contributed by atoms with Crippen LogP contribution in [0.1, 0.15) is 41.0 Å². The number of aliphatic carboxylic acids is 1. The second-order valence-electron chi connectivity index (χ2n) is 4.56. The van der Waals surface area contributed by atoms with Crippen molar-refractivity contribution in [1.82, 2.24) is 0 Å². The zero-order valence-corrected chi connectivity index (χ0v) is 8.72. The van der Waals surface area contributed by atoms with Crippen molar-refractivity contribution in [2.45, 2.75) is 41.0 Å². The molecule has 0 heterocycles. The fourth-order valence-corrected chi connectivity index (χ4v) is 1.21. The minimum Gasteiger partial charge on any atom is -0.481 e. The maximum absolute atomic E-state index is 10.8. The molecule has 2 nitrogen and oxygen atoms in total. The molecule has 0 saturated carbocycles. The molecule has 1 N–H and O–H groups in total. The molecule has 1 unspecified atom stereocenters. The van der Waals surface area contributed by atoms with Gasteiger partial charge >= 0.3 is 5.97 Å². The first-order valence-corrected chi connectivity index (χ1v) is 4.51. The number of carboxylic acid groups (broad SMARTS) is 1.